The molecule has 0 unspecified atom stereocenters. The summed E-state index contributed by atoms with van der Waals surface area (Å²) in [5.74, 6) is -2.69. The van der Waals surface area contributed by atoms with Gasteiger partial charge in [-0.1, -0.05) is 26.0 Å². The molecule has 41 heavy (non-hydrogen) atoms. The highest BCUT2D eigenvalue weighted by atomic mass is 31.2. The maximum Gasteiger partial charge on any atom is 0.327 e. The molecular weight excluding hydrogens is 558 g/mol. The molecule has 0 radical (unpaired) electrons. The van der Waals surface area contributed by atoms with Gasteiger partial charge >= 0.3 is 7.60 Å². The first-order valence-corrected chi connectivity index (χ1v) is 14.7. The number of ether oxygens (including phenoxy) is 1. The summed E-state index contributed by atoms with van der Waals surface area (Å²) in [6.45, 7) is 2.93. The summed E-state index contributed by atoms with van der Waals surface area (Å²) in [7, 11) is -3.08. The minimum Gasteiger partial charge on any atom is -0.505 e. The van der Waals surface area contributed by atoms with E-state index < -0.39 is 60.3 Å². The van der Waals surface area contributed by atoms with Crippen LogP contribution in [-0.2, 0) is 27.1 Å². The monoisotopic (exact) mass is 592 g/mol. The van der Waals surface area contributed by atoms with E-state index in [0.29, 0.717) is 12.0 Å². The van der Waals surface area contributed by atoms with Gasteiger partial charge in [-0.2, -0.15) is 0 Å². The lowest BCUT2D eigenvalue weighted by Crippen LogP contribution is -2.52. The molecule has 0 aliphatic heterocycles. The average molecular weight is 593 g/mol. The Labute approximate surface area is 235 Å². The molecule has 5 N–H and O–H groups in total. The topological polar surface area (TPSA) is 180 Å². The predicted molar refractivity (Wildman–Crippen MR) is 149 cm³/mol. The van der Waals surface area contributed by atoms with Gasteiger partial charge in [-0.3, -0.25) is 28.5 Å². The highest BCUT2D eigenvalue weighted by molar-refractivity contribution is 7.51. The van der Waals surface area contributed by atoms with E-state index in [-0.39, 0.29) is 37.0 Å². The predicted octanol–water partition coefficient (Wildman–Crippen LogP) is 2.06. The van der Waals surface area contributed by atoms with Crippen LogP contribution >= 0.6 is 7.60 Å². The van der Waals surface area contributed by atoms with E-state index in [9.17, 15) is 38.2 Å². The van der Waals surface area contributed by atoms with Crippen LogP contribution in [0.3, 0.4) is 0 Å². The summed E-state index contributed by atoms with van der Waals surface area (Å²) in [6, 6.07) is 7.31. The fourth-order valence-corrected chi connectivity index (χ4v) is 5.88. The maximum atomic E-state index is 13.6. The summed E-state index contributed by atoms with van der Waals surface area (Å²) >= 11 is 0. The van der Waals surface area contributed by atoms with Crippen molar-refractivity contribution in [2.24, 2.45) is 0 Å². The van der Waals surface area contributed by atoms with E-state index in [1.54, 1.807) is 26.0 Å². The molecule has 0 atom stereocenters. The molecule has 0 aliphatic carbocycles. The molecule has 222 valence electrons. The van der Waals surface area contributed by atoms with Gasteiger partial charge in [0.15, 0.2) is 5.75 Å². The molecular formula is C27H34FN4O8P. The molecule has 3 rings (SSSR count). The van der Waals surface area contributed by atoms with Crippen molar-refractivity contribution in [2.75, 3.05) is 26.4 Å². The zero-order valence-corrected chi connectivity index (χ0v) is 23.9. The normalized spacial score (nSPS) is 12.0. The summed E-state index contributed by atoms with van der Waals surface area (Å²) in [6.07, 6.45) is 1.55. The number of aromatic nitrogens is 2. The molecule has 1 aromatic carbocycles. The molecule has 12 nitrogen and oxygen atoms in total. The largest absolute Gasteiger partial charge is 0.505 e. The highest BCUT2D eigenvalue weighted by Gasteiger charge is 2.36. The molecule has 0 saturated heterocycles. The van der Waals surface area contributed by atoms with E-state index in [1.807, 2.05) is 0 Å². The van der Waals surface area contributed by atoms with Crippen molar-refractivity contribution in [2.45, 2.75) is 45.2 Å². The van der Waals surface area contributed by atoms with Gasteiger partial charge < -0.3 is 30.3 Å². The van der Waals surface area contributed by atoms with Gasteiger partial charge in [-0.25, -0.2) is 4.39 Å². The Hall–Kier alpha value is -3.64. The number of fused-ring (bicyclic) bond motifs is 1. The van der Waals surface area contributed by atoms with E-state index in [0.717, 1.165) is 10.1 Å². The number of methoxy groups -OCH3 is 1. The number of nitrogens with zero attached hydrogens (tertiary/aromatic N) is 2. The van der Waals surface area contributed by atoms with Crippen LogP contribution in [0, 0.1) is 5.82 Å². The van der Waals surface area contributed by atoms with Crippen molar-refractivity contribution in [3.05, 3.63) is 69.4 Å². The van der Waals surface area contributed by atoms with Crippen LogP contribution < -0.4 is 16.2 Å². The molecule has 0 fully saturated rings. The van der Waals surface area contributed by atoms with Gasteiger partial charge in [-0.15, -0.1) is 0 Å². The number of hydrogen-bond donors (Lipinski definition) is 5. The number of carbonyl (C=O) groups excluding carboxylic acids is 2. The van der Waals surface area contributed by atoms with Crippen molar-refractivity contribution in [1.29, 1.82) is 0 Å². The molecule has 0 aliphatic rings. The molecule has 14 heteroatoms. The Morgan fingerprint density at radius 3 is 2.39 bits per heavy atom. The Kier molecular flexibility index (Phi) is 10.4. The summed E-state index contributed by atoms with van der Waals surface area (Å²) in [5, 5.41) is 16.1. The standard InChI is InChI=1S/C27H34FN4O8P/c1-4-27(5-2,16-41(37,38)39)31-21(33)15-32-20-13-18(12-17-6-8-19(28)9-7-17)14-30-23(20)24(34)22(26(32)36)25(35)29-10-11-40-3/h6-9,13-14,34H,4-5,10-12,15-16H2,1-3H3,(H,29,35)(H,31,33)(H2,37,38,39). The van der Waals surface area contributed by atoms with Gasteiger partial charge in [0.1, 0.15) is 23.4 Å². The Bertz CT molecular complexity index is 1520. The van der Waals surface area contributed by atoms with Crippen molar-refractivity contribution >= 4 is 30.4 Å². The van der Waals surface area contributed by atoms with E-state index in [1.165, 1.54) is 31.5 Å². The number of rotatable bonds is 13. The van der Waals surface area contributed by atoms with Gasteiger partial charge in [0.05, 0.1) is 23.8 Å². The zero-order valence-electron chi connectivity index (χ0n) is 23.0. The lowest BCUT2D eigenvalue weighted by Gasteiger charge is -2.33. The summed E-state index contributed by atoms with van der Waals surface area (Å²) < 4.78 is 31.0. The van der Waals surface area contributed by atoms with E-state index >= 15 is 0 Å². The van der Waals surface area contributed by atoms with Crippen LogP contribution in [0.15, 0.2) is 41.3 Å². The van der Waals surface area contributed by atoms with Gasteiger partial charge in [0.25, 0.3) is 11.5 Å². The minimum absolute atomic E-state index is 0.0503. The van der Waals surface area contributed by atoms with Gasteiger partial charge in [-0.05, 0) is 48.6 Å². The van der Waals surface area contributed by atoms with Crippen LogP contribution in [0.5, 0.6) is 5.75 Å². The summed E-state index contributed by atoms with van der Waals surface area (Å²) in [5.41, 5.74) is -1.55. The zero-order chi connectivity index (χ0) is 30.4. The number of aromatic hydroxyl groups is 1. The molecule has 0 bridgehead atoms. The molecule has 0 saturated carbocycles. The fraction of sp³-hybridized carbons (Fsp3) is 0.407. The average Bonchev–Trinajstić information content (AvgIpc) is 2.91. The molecule has 2 aromatic heterocycles. The molecule has 2 heterocycles. The number of carbonyl (C=O) groups is 2. The highest BCUT2D eigenvalue weighted by Crippen LogP contribution is 2.40. The fourth-order valence-electron chi connectivity index (χ4n) is 4.56. The Morgan fingerprint density at radius 2 is 1.80 bits per heavy atom. The second-order valence-corrected chi connectivity index (χ2v) is 11.4. The number of halogens is 1. The van der Waals surface area contributed by atoms with Gasteiger partial charge in [0, 0.05) is 19.9 Å². The molecule has 3 aromatic rings. The Morgan fingerprint density at radius 1 is 1.15 bits per heavy atom. The second-order valence-electron chi connectivity index (χ2n) is 9.74. The number of pyridine rings is 2. The van der Waals surface area contributed by atoms with E-state index in [4.69, 9.17) is 4.74 Å². The number of hydrogen-bond acceptors (Lipinski definition) is 7. The van der Waals surface area contributed by atoms with Crippen molar-refractivity contribution in [1.82, 2.24) is 20.2 Å². The smallest absolute Gasteiger partial charge is 0.327 e. The Balaban J connectivity index is 2.11. The number of benzene rings is 1. The van der Waals surface area contributed by atoms with Crippen molar-refractivity contribution in [3.63, 3.8) is 0 Å². The first-order valence-electron chi connectivity index (χ1n) is 12.9. The lowest BCUT2D eigenvalue weighted by atomic mass is 9.95. The third kappa shape index (κ3) is 7.98. The number of amides is 2. The van der Waals surface area contributed by atoms with Crippen LogP contribution in [-0.4, -0.2) is 68.2 Å². The van der Waals surface area contributed by atoms with E-state index in [2.05, 4.69) is 15.6 Å². The quantitative estimate of drug-likeness (QED) is 0.147. The third-order valence-corrected chi connectivity index (χ3v) is 7.86. The second kappa shape index (κ2) is 13.3. The lowest BCUT2D eigenvalue weighted by molar-refractivity contribution is -0.123. The first kappa shape index (κ1) is 31.9. The number of nitrogens with one attached hydrogen (secondary N) is 2. The van der Waals surface area contributed by atoms with Crippen molar-refractivity contribution in [3.8, 4) is 5.75 Å². The summed E-state index contributed by atoms with van der Waals surface area (Å²) in [4.78, 5) is 63.2. The van der Waals surface area contributed by atoms with Crippen molar-refractivity contribution < 1.29 is 38.2 Å². The SMILES string of the molecule is CCC(CC)(CP(=O)(O)O)NC(=O)Cn1c(=O)c(C(=O)NCCOC)c(O)c2ncc(Cc3ccc(F)cc3)cc21. The first-order chi connectivity index (χ1) is 19.3. The van der Waals surface area contributed by atoms with Crippen LogP contribution in [0.25, 0.3) is 11.0 Å². The maximum absolute atomic E-state index is 13.6. The van der Waals surface area contributed by atoms with Crippen LogP contribution in [0.1, 0.15) is 48.2 Å². The molecule has 0 spiro atoms. The van der Waals surface area contributed by atoms with Gasteiger partial charge in [0.2, 0.25) is 5.91 Å². The molecule has 2 amide bonds. The third-order valence-electron chi connectivity index (χ3n) is 6.84. The van der Waals surface area contributed by atoms with Crippen LogP contribution in [0.4, 0.5) is 4.39 Å². The minimum atomic E-state index is -4.50. The van der Waals surface area contributed by atoms with Crippen LogP contribution in [0.2, 0.25) is 0 Å².